The molecule has 0 saturated heterocycles. The van der Waals surface area contributed by atoms with Crippen LogP contribution in [0.15, 0.2) is 12.1 Å². The fourth-order valence-electron chi connectivity index (χ4n) is 5.17. The van der Waals surface area contributed by atoms with Crippen LogP contribution in [0.1, 0.15) is 83.1 Å². The Morgan fingerprint density at radius 3 is 1.96 bits per heavy atom. The molecule has 2 fully saturated rings. The van der Waals surface area contributed by atoms with E-state index in [-0.39, 0.29) is 32.7 Å². The third-order valence-electron chi connectivity index (χ3n) is 6.81. The number of halogens is 2. The van der Waals surface area contributed by atoms with Gasteiger partial charge in [-0.05, 0) is 49.4 Å². The molecule has 0 aliphatic heterocycles. The van der Waals surface area contributed by atoms with Gasteiger partial charge in [-0.15, -0.1) is 18.2 Å². The third-order valence-corrected chi connectivity index (χ3v) is 6.81. The van der Waals surface area contributed by atoms with E-state index in [1.54, 1.807) is 0 Å². The summed E-state index contributed by atoms with van der Waals surface area (Å²) in [5, 5.41) is 0. The molecule has 0 unspecified atom stereocenters. The number of aryl methyl sites for hydroxylation is 1. The predicted molar refractivity (Wildman–Crippen MR) is 99.3 cm³/mol. The molecule has 0 heterocycles. The molecule has 0 nitrogen and oxygen atoms in total. The fourth-order valence-corrected chi connectivity index (χ4v) is 5.17. The van der Waals surface area contributed by atoms with Gasteiger partial charge in [-0.2, -0.15) is 5.56 Å². The minimum atomic E-state index is -0.578. The summed E-state index contributed by atoms with van der Waals surface area (Å²) in [5.41, 5.74) is 0.768. The number of hydrogen-bond acceptors (Lipinski definition) is 0. The average molecular weight is 436 g/mol. The topological polar surface area (TPSA) is 0 Å². The van der Waals surface area contributed by atoms with Crippen molar-refractivity contribution >= 4 is 0 Å². The van der Waals surface area contributed by atoms with Crippen molar-refractivity contribution in [3.8, 4) is 0 Å². The normalized spacial score (nSPS) is 29.2. The molecule has 0 aromatic heterocycles. The van der Waals surface area contributed by atoms with Crippen molar-refractivity contribution in [1.29, 1.82) is 0 Å². The van der Waals surface area contributed by atoms with Crippen LogP contribution in [-0.2, 0) is 39.1 Å². The van der Waals surface area contributed by atoms with Crippen LogP contribution in [0, 0.1) is 41.4 Å². The number of hydrogen-bond donors (Lipinski definition) is 0. The summed E-state index contributed by atoms with van der Waals surface area (Å²) in [6.45, 7) is 2.41. The van der Waals surface area contributed by atoms with E-state index in [9.17, 15) is 8.78 Å². The molecule has 0 N–H and O–H groups in total. The van der Waals surface area contributed by atoms with Crippen LogP contribution in [-0.4, -0.2) is 0 Å². The molecule has 143 valence electrons. The van der Waals surface area contributed by atoms with Gasteiger partial charge in [0.25, 0.3) is 0 Å². The van der Waals surface area contributed by atoms with E-state index in [4.69, 9.17) is 0 Å². The minimum Gasteiger partial charge on any atom is -0.236 e. The maximum Gasteiger partial charge on any atom is 0.0139 e. The van der Waals surface area contributed by atoms with Gasteiger partial charge < -0.3 is 0 Å². The molecule has 2 saturated carbocycles. The van der Waals surface area contributed by atoms with Crippen LogP contribution >= 0.6 is 0 Å². The SMILES string of the molecule is CC1CCC(C2CCC(CCCCc3cc(F)[c-]c(F)c3)CC2)CC1.[Y]. The standard InChI is InChI=1S/C23H33F2.Y/c1-17-6-10-20(11-7-17)21-12-8-18(9-13-21)4-2-3-5-19-14-22(24)16-23(25)15-19;/h14-15,17-18,20-21H,2-13H2,1H3;/q-1;. The van der Waals surface area contributed by atoms with Crippen molar-refractivity contribution in [1.82, 2.24) is 0 Å². The summed E-state index contributed by atoms with van der Waals surface area (Å²) < 4.78 is 26.3. The maximum absolute atomic E-state index is 13.1. The molecule has 1 radical (unpaired) electrons. The second-order valence-electron chi connectivity index (χ2n) is 8.73. The van der Waals surface area contributed by atoms with Gasteiger partial charge in [-0.3, -0.25) is 0 Å². The van der Waals surface area contributed by atoms with Gasteiger partial charge in [0.15, 0.2) is 0 Å². The first kappa shape index (κ1) is 22.5. The molecule has 26 heavy (non-hydrogen) atoms. The Hall–Kier alpha value is 0.184. The van der Waals surface area contributed by atoms with Gasteiger partial charge in [0.1, 0.15) is 0 Å². The molecular weight excluding hydrogens is 403 g/mol. The van der Waals surface area contributed by atoms with E-state index in [1.165, 1.54) is 76.3 Å². The van der Waals surface area contributed by atoms with Gasteiger partial charge in [-0.25, -0.2) is 8.78 Å². The van der Waals surface area contributed by atoms with Gasteiger partial charge in [0.2, 0.25) is 0 Å². The molecule has 2 aliphatic carbocycles. The zero-order valence-corrected chi connectivity index (χ0v) is 19.1. The van der Waals surface area contributed by atoms with Crippen molar-refractivity contribution in [2.45, 2.75) is 84.0 Å². The van der Waals surface area contributed by atoms with E-state index in [0.717, 1.165) is 42.1 Å². The first-order chi connectivity index (χ1) is 12.1. The zero-order valence-electron chi connectivity index (χ0n) is 16.3. The second kappa shape index (κ2) is 11.2. The van der Waals surface area contributed by atoms with Crippen molar-refractivity contribution in [3.05, 3.63) is 35.4 Å². The quantitative estimate of drug-likeness (QED) is 0.329. The zero-order chi connectivity index (χ0) is 17.6. The van der Waals surface area contributed by atoms with Crippen LogP contribution in [0.25, 0.3) is 0 Å². The largest absolute Gasteiger partial charge is 0.236 e. The van der Waals surface area contributed by atoms with Gasteiger partial charge in [0, 0.05) is 44.3 Å². The molecule has 1 aromatic rings. The summed E-state index contributed by atoms with van der Waals surface area (Å²) in [7, 11) is 0. The monoisotopic (exact) mass is 436 g/mol. The second-order valence-corrected chi connectivity index (χ2v) is 8.73. The Morgan fingerprint density at radius 1 is 0.846 bits per heavy atom. The molecule has 2 aliphatic rings. The number of unbranched alkanes of at least 4 members (excludes halogenated alkanes) is 1. The predicted octanol–water partition coefficient (Wildman–Crippen LogP) is 7.11. The van der Waals surface area contributed by atoms with Crippen molar-refractivity contribution in [2.75, 3.05) is 0 Å². The van der Waals surface area contributed by atoms with Gasteiger partial charge >= 0.3 is 0 Å². The third kappa shape index (κ3) is 6.97. The minimum absolute atomic E-state index is 0. The molecule has 0 atom stereocenters. The van der Waals surface area contributed by atoms with Crippen molar-refractivity contribution in [2.24, 2.45) is 23.7 Å². The fraction of sp³-hybridized carbons (Fsp3) is 0.739. The molecular formula is C23H33F2Y-. The molecule has 3 heteroatoms. The molecule has 1 aromatic carbocycles. The molecule has 3 rings (SSSR count). The Kier molecular flexibility index (Phi) is 9.72. The summed E-state index contributed by atoms with van der Waals surface area (Å²) in [6.07, 6.45) is 15.8. The summed E-state index contributed by atoms with van der Waals surface area (Å²) >= 11 is 0. The molecule has 0 amide bonds. The van der Waals surface area contributed by atoms with Crippen molar-refractivity contribution < 1.29 is 41.5 Å². The van der Waals surface area contributed by atoms with Crippen LogP contribution < -0.4 is 0 Å². The first-order valence-electron chi connectivity index (χ1n) is 10.5. The summed E-state index contributed by atoms with van der Waals surface area (Å²) in [5.74, 6) is 2.69. The van der Waals surface area contributed by atoms with Gasteiger partial charge in [0.05, 0.1) is 0 Å². The van der Waals surface area contributed by atoms with E-state index < -0.39 is 11.6 Å². The number of benzene rings is 1. The van der Waals surface area contributed by atoms with Crippen LogP contribution in [0.5, 0.6) is 0 Å². The number of rotatable bonds is 6. The van der Waals surface area contributed by atoms with E-state index in [2.05, 4.69) is 13.0 Å². The first-order valence-corrected chi connectivity index (χ1v) is 10.5. The Labute approximate surface area is 183 Å². The summed E-state index contributed by atoms with van der Waals surface area (Å²) in [6, 6.07) is 4.88. The van der Waals surface area contributed by atoms with Gasteiger partial charge in [-0.1, -0.05) is 58.3 Å². The average Bonchev–Trinajstić information content (AvgIpc) is 2.59. The van der Waals surface area contributed by atoms with Crippen LogP contribution in [0.4, 0.5) is 8.78 Å². The summed E-state index contributed by atoms with van der Waals surface area (Å²) in [4.78, 5) is 0. The Balaban J connectivity index is 0.00000243. The van der Waals surface area contributed by atoms with E-state index in [1.807, 2.05) is 0 Å². The smallest absolute Gasteiger partial charge is 0.0139 e. The van der Waals surface area contributed by atoms with E-state index in [0.29, 0.717) is 0 Å². The van der Waals surface area contributed by atoms with Crippen molar-refractivity contribution in [3.63, 3.8) is 0 Å². The Morgan fingerprint density at radius 2 is 1.38 bits per heavy atom. The van der Waals surface area contributed by atoms with E-state index >= 15 is 0 Å². The van der Waals surface area contributed by atoms with Crippen LogP contribution in [0.2, 0.25) is 0 Å². The Bertz CT molecular complexity index is 509. The maximum atomic E-state index is 13.1. The molecule has 0 spiro atoms. The van der Waals surface area contributed by atoms with Crippen LogP contribution in [0.3, 0.4) is 0 Å². The molecule has 0 bridgehead atoms.